The van der Waals surface area contributed by atoms with Crippen LogP contribution in [0, 0.1) is 0 Å². The van der Waals surface area contributed by atoms with E-state index in [0.29, 0.717) is 29.0 Å². The van der Waals surface area contributed by atoms with Crippen LogP contribution in [0.2, 0.25) is 0 Å². The van der Waals surface area contributed by atoms with Crippen molar-refractivity contribution < 1.29 is 14.3 Å². The fraction of sp³-hybridized carbons (Fsp3) is 0.273. The van der Waals surface area contributed by atoms with E-state index in [1.807, 2.05) is 23.2 Å². The summed E-state index contributed by atoms with van der Waals surface area (Å²) in [4.78, 5) is 24.4. The van der Waals surface area contributed by atoms with E-state index in [1.54, 1.807) is 43.3 Å². The van der Waals surface area contributed by atoms with Gasteiger partial charge in [0, 0.05) is 24.2 Å². The number of rotatable bonds is 7. The highest BCUT2D eigenvalue weighted by molar-refractivity contribution is 6.07. The molecule has 0 spiro atoms. The molecule has 0 amide bonds. The zero-order chi connectivity index (χ0) is 19.8. The predicted octanol–water partition coefficient (Wildman–Crippen LogP) is 4.85. The zero-order valence-electron chi connectivity index (χ0n) is 15.9. The Kier molecular flexibility index (Phi) is 6.68. The lowest BCUT2D eigenvalue weighted by molar-refractivity contribution is 0.0526. The minimum Gasteiger partial charge on any atom is -0.462 e. The number of hydrogen-bond acceptors (Lipinski definition) is 5. The Hall–Kier alpha value is -3.28. The lowest BCUT2D eigenvalue weighted by Gasteiger charge is -2.09. The maximum atomic E-state index is 12.4. The maximum Gasteiger partial charge on any atom is 0.338 e. The van der Waals surface area contributed by atoms with Gasteiger partial charge >= 0.3 is 5.97 Å². The van der Waals surface area contributed by atoms with E-state index in [0.717, 1.165) is 25.9 Å². The number of ether oxygens (including phenoxy) is 1. The van der Waals surface area contributed by atoms with Gasteiger partial charge in [-0.3, -0.25) is 9.80 Å². The molecular weight excluding hydrogens is 354 g/mol. The normalized spacial score (nSPS) is 14.1. The molecule has 2 aromatic rings. The first-order valence-electron chi connectivity index (χ1n) is 9.42. The SMILES string of the molecule is CCOC(=O)c1ccc(N=NN2CCCC2)c(/C=C/C(=O)c2ccccc2)c1. The van der Waals surface area contributed by atoms with Crippen molar-refractivity contribution in [3.8, 4) is 0 Å². The highest BCUT2D eigenvalue weighted by atomic mass is 16.5. The second kappa shape index (κ2) is 9.60. The van der Waals surface area contributed by atoms with E-state index in [9.17, 15) is 9.59 Å². The molecule has 28 heavy (non-hydrogen) atoms. The summed E-state index contributed by atoms with van der Waals surface area (Å²) < 4.78 is 5.07. The Labute approximate surface area is 164 Å². The highest BCUT2D eigenvalue weighted by Gasteiger charge is 2.12. The second-order valence-electron chi connectivity index (χ2n) is 6.41. The Morgan fingerprint density at radius 2 is 1.82 bits per heavy atom. The lowest BCUT2D eigenvalue weighted by Crippen LogP contribution is -2.09. The van der Waals surface area contributed by atoms with E-state index in [2.05, 4.69) is 10.3 Å². The van der Waals surface area contributed by atoms with Crippen molar-refractivity contribution in [2.75, 3.05) is 19.7 Å². The molecule has 6 nitrogen and oxygen atoms in total. The first kappa shape index (κ1) is 19.5. The Bertz CT molecular complexity index is 885. The van der Waals surface area contributed by atoms with Gasteiger partial charge in [-0.1, -0.05) is 35.6 Å². The summed E-state index contributed by atoms with van der Waals surface area (Å²) in [7, 11) is 0. The molecule has 1 aliphatic heterocycles. The number of carbonyl (C=O) groups is 2. The number of esters is 1. The number of carbonyl (C=O) groups excluding carboxylic acids is 2. The molecule has 0 unspecified atom stereocenters. The number of nitrogens with zero attached hydrogens (tertiary/aromatic N) is 3. The van der Waals surface area contributed by atoms with Gasteiger partial charge in [-0.05, 0) is 50.1 Å². The molecule has 1 fully saturated rings. The van der Waals surface area contributed by atoms with E-state index in [4.69, 9.17) is 4.74 Å². The molecule has 3 rings (SSSR count). The van der Waals surface area contributed by atoms with Crippen molar-refractivity contribution in [1.29, 1.82) is 0 Å². The third-order valence-corrected chi connectivity index (χ3v) is 4.37. The van der Waals surface area contributed by atoms with Gasteiger partial charge in [0.25, 0.3) is 0 Å². The summed E-state index contributed by atoms with van der Waals surface area (Å²) in [5, 5.41) is 10.5. The molecule has 1 aliphatic rings. The van der Waals surface area contributed by atoms with E-state index >= 15 is 0 Å². The number of allylic oxidation sites excluding steroid dienone is 1. The Balaban J connectivity index is 1.87. The van der Waals surface area contributed by atoms with Crippen LogP contribution in [-0.2, 0) is 4.74 Å². The monoisotopic (exact) mass is 377 g/mol. The smallest absolute Gasteiger partial charge is 0.338 e. The minimum atomic E-state index is -0.408. The quantitative estimate of drug-likeness (QED) is 0.299. The summed E-state index contributed by atoms with van der Waals surface area (Å²) in [6.07, 6.45) is 5.36. The average molecular weight is 377 g/mol. The topological polar surface area (TPSA) is 71.3 Å². The van der Waals surface area contributed by atoms with Crippen molar-refractivity contribution in [1.82, 2.24) is 5.01 Å². The molecule has 0 bridgehead atoms. The van der Waals surface area contributed by atoms with Gasteiger partial charge in [0.2, 0.25) is 0 Å². The number of benzene rings is 2. The van der Waals surface area contributed by atoms with Gasteiger partial charge in [0.15, 0.2) is 5.78 Å². The molecule has 0 aliphatic carbocycles. The van der Waals surface area contributed by atoms with E-state index in [1.165, 1.54) is 6.08 Å². The first-order chi connectivity index (χ1) is 13.7. The number of ketones is 1. The van der Waals surface area contributed by atoms with E-state index in [-0.39, 0.29) is 5.78 Å². The molecule has 144 valence electrons. The first-order valence-corrected chi connectivity index (χ1v) is 9.42. The van der Waals surface area contributed by atoms with Crippen molar-refractivity contribution in [2.45, 2.75) is 19.8 Å². The summed E-state index contributed by atoms with van der Waals surface area (Å²) in [6, 6.07) is 14.1. The minimum absolute atomic E-state index is 0.121. The zero-order valence-corrected chi connectivity index (χ0v) is 15.9. The summed E-state index contributed by atoms with van der Waals surface area (Å²) in [5.74, 6) is -0.529. The van der Waals surface area contributed by atoms with Gasteiger partial charge in [-0.25, -0.2) is 4.79 Å². The van der Waals surface area contributed by atoms with Gasteiger partial charge < -0.3 is 4.74 Å². The van der Waals surface area contributed by atoms with E-state index < -0.39 is 5.97 Å². The third-order valence-electron chi connectivity index (χ3n) is 4.37. The summed E-state index contributed by atoms with van der Waals surface area (Å²) >= 11 is 0. The fourth-order valence-electron chi connectivity index (χ4n) is 2.89. The van der Waals surface area contributed by atoms with Crippen LogP contribution >= 0.6 is 0 Å². The Morgan fingerprint density at radius 1 is 1.07 bits per heavy atom. The highest BCUT2D eigenvalue weighted by Crippen LogP contribution is 2.24. The molecule has 1 saturated heterocycles. The van der Waals surface area contributed by atoms with Crippen LogP contribution in [0.3, 0.4) is 0 Å². The molecule has 0 aromatic heterocycles. The van der Waals surface area contributed by atoms with Crippen LogP contribution in [0.15, 0.2) is 64.9 Å². The van der Waals surface area contributed by atoms with Gasteiger partial charge in [0.05, 0.1) is 17.9 Å². The molecule has 0 saturated carbocycles. The van der Waals surface area contributed by atoms with Gasteiger partial charge in [0.1, 0.15) is 0 Å². The molecule has 0 radical (unpaired) electrons. The van der Waals surface area contributed by atoms with Crippen LogP contribution in [0.1, 0.15) is 46.0 Å². The van der Waals surface area contributed by atoms with Crippen molar-refractivity contribution in [3.63, 3.8) is 0 Å². The third kappa shape index (κ3) is 5.13. The fourth-order valence-corrected chi connectivity index (χ4v) is 2.89. The van der Waals surface area contributed by atoms with Crippen molar-refractivity contribution >= 4 is 23.5 Å². The molecule has 0 N–H and O–H groups in total. The Morgan fingerprint density at radius 3 is 2.54 bits per heavy atom. The van der Waals surface area contributed by atoms with Crippen LogP contribution in [-0.4, -0.2) is 36.5 Å². The number of hydrogen-bond donors (Lipinski definition) is 0. The van der Waals surface area contributed by atoms with Crippen LogP contribution < -0.4 is 0 Å². The molecule has 0 atom stereocenters. The summed E-state index contributed by atoms with van der Waals surface area (Å²) in [6.45, 7) is 3.84. The standard InChI is InChI=1S/C22H23N3O3/c1-2-28-22(27)19-10-12-20(23-24-25-14-6-7-15-25)18(16-19)11-13-21(26)17-8-4-3-5-9-17/h3-5,8-13,16H,2,6-7,14-15H2,1H3/b13-11+,24-23?. The largest absolute Gasteiger partial charge is 0.462 e. The molecule has 2 aromatic carbocycles. The van der Waals surface area contributed by atoms with Gasteiger partial charge in [-0.15, -0.1) is 5.11 Å². The van der Waals surface area contributed by atoms with Crippen LogP contribution in [0.4, 0.5) is 5.69 Å². The van der Waals surface area contributed by atoms with Gasteiger partial charge in [-0.2, -0.15) is 0 Å². The van der Waals surface area contributed by atoms with Crippen molar-refractivity contribution in [3.05, 3.63) is 71.3 Å². The molecular formula is C22H23N3O3. The lowest BCUT2D eigenvalue weighted by atomic mass is 10.1. The predicted molar refractivity (Wildman–Crippen MR) is 108 cm³/mol. The second-order valence-corrected chi connectivity index (χ2v) is 6.41. The summed E-state index contributed by atoms with van der Waals surface area (Å²) in [5.41, 5.74) is 2.24. The van der Waals surface area contributed by atoms with Crippen LogP contribution in [0.5, 0.6) is 0 Å². The molecule has 1 heterocycles. The average Bonchev–Trinajstić information content (AvgIpc) is 3.25. The maximum absolute atomic E-state index is 12.4. The van der Waals surface area contributed by atoms with Crippen LogP contribution in [0.25, 0.3) is 6.08 Å². The molecule has 6 heteroatoms. The van der Waals surface area contributed by atoms with Crippen molar-refractivity contribution in [2.24, 2.45) is 10.3 Å².